The summed E-state index contributed by atoms with van der Waals surface area (Å²) in [6, 6.07) is 1.69. The smallest absolute Gasteiger partial charge is 0.356 e. The summed E-state index contributed by atoms with van der Waals surface area (Å²) in [5.74, 6) is -1.32. The molecule has 112 valence electrons. The van der Waals surface area contributed by atoms with E-state index < -0.39 is 21.7 Å². The predicted molar refractivity (Wildman–Crippen MR) is 79.3 cm³/mol. The summed E-state index contributed by atoms with van der Waals surface area (Å²) < 4.78 is 26.7. The van der Waals surface area contributed by atoms with Gasteiger partial charge in [-0.2, -0.15) is 15.6 Å². The van der Waals surface area contributed by atoms with Crippen LogP contribution in [0.4, 0.5) is 0 Å². The first-order valence-electron chi connectivity index (χ1n) is 6.22. The van der Waals surface area contributed by atoms with Crippen LogP contribution in [0.15, 0.2) is 26.5 Å². The number of sulfonamides is 1. The van der Waals surface area contributed by atoms with Crippen molar-refractivity contribution in [2.24, 2.45) is 0 Å². The maximum absolute atomic E-state index is 12.8. The summed E-state index contributed by atoms with van der Waals surface area (Å²) in [5.41, 5.74) is 1.82. The van der Waals surface area contributed by atoms with Crippen LogP contribution in [0.25, 0.3) is 0 Å². The maximum Gasteiger partial charge on any atom is 0.356 e. The molecule has 1 N–H and O–H groups in total. The Morgan fingerprint density at radius 3 is 2.95 bits per heavy atom. The highest BCUT2D eigenvalue weighted by Crippen LogP contribution is 2.38. The van der Waals surface area contributed by atoms with Gasteiger partial charge in [0, 0.05) is 6.54 Å². The Bertz CT molecular complexity index is 751. The number of aromatic carboxylic acids is 1. The number of nitrogens with zero attached hydrogens (tertiary/aromatic N) is 2. The van der Waals surface area contributed by atoms with Crippen LogP contribution in [-0.2, 0) is 10.0 Å². The summed E-state index contributed by atoms with van der Waals surface area (Å²) in [6.45, 7) is 0.403. The van der Waals surface area contributed by atoms with Crippen molar-refractivity contribution < 1.29 is 18.3 Å². The van der Waals surface area contributed by atoms with Gasteiger partial charge >= 0.3 is 5.97 Å². The maximum atomic E-state index is 12.8. The molecule has 0 radical (unpaired) electrons. The summed E-state index contributed by atoms with van der Waals surface area (Å²) in [6.07, 6.45) is 1.51. The van der Waals surface area contributed by atoms with Crippen molar-refractivity contribution in [3.63, 3.8) is 0 Å². The van der Waals surface area contributed by atoms with Crippen LogP contribution in [0.5, 0.6) is 0 Å². The molecule has 1 atom stereocenters. The molecule has 0 aromatic carbocycles. The van der Waals surface area contributed by atoms with E-state index in [1.54, 1.807) is 0 Å². The minimum atomic E-state index is -3.83. The first kappa shape index (κ1) is 14.6. The van der Waals surface area contributed by atoms with Crippen molar-refractivity contribution in [2.45, 2.75) is 23.1 Å². The van der Waals surface area contributed by atoms with Crippen molar-refractivity contribution >= 4 is 38.7 Å². The number of carboxylic acids is 1. The molecule has 0 aliphatic carbocycles. The molecule has 9 heteroatoms. The fourth-order valence-corrected chi connectivity index (χ4v) is 6.14. The molecule has 2 aromatic heterocycles. The highest BCUT2D eigenvalue weighted by Gasteiger charge is 2.39. The van der Waals surface area contributed by atoms with Gasteiger partial charge in [0.1, 0.15) is 0 Å². The van der Waals surface area contributed by atoms with Gasteiger partial charge in [-0.25, -0.2) is 18.2 Å². The standard InChI is InChI=1S/C12H12N2O4S3/c15-11(16)10-12(20-7-13-10)21(17,18)14-4-1-2-9(14)8-3-5-19-6-8/h3,5-7,9H,1-2,4H2,(H,15,16). The third-order valence-electron chi connectivity index (χ3n) is 3.41. The lowest BCUT2D eigenvalue weighted by Crippen LogP contribution is -2.31. The number of thiophene rings is 1. The van der Waals surface area contributed by atoms with Gasteiger partial charge < -0.3 is 5.11 Å². The Labute approximate surface area is 129 Å². The molecule has 0 saturated carbocycles. The normalized spacial score (nSPS) is 19.9. The molecule has 1 aliphatic heterocycles. The van der Waals surface area contributed by atoms with Crippen molar-refractivity contribution in [2.75, 3.05) is 6.54 Å². The average Bonchev–Trinajstić information content (AvgIpc) is 3.18. The van der Waals surface area contributed by atoms with Gasteiger partial charge in [-0.05, 0) is 35.2 Å². The monoisotopic (exact) mass is 344 g/mol. The number of carbonyl (C=O) groups is 1. The molecular formula is C12H12N2O4S3. The number of aromatic nitrogens is 1. The van der Waals surface area contributed by atoms with Gasteiger partial charge in [0.25, 0.3) is 10.0 Å². The van der Waals surface area contributed by atoms with Crippen LogP contribution in [-0.4, -0.2) is 35.3 Å². The van der Waals surface area contributed by atoms with E-state index in [1.807, 2.05) is 16.8 Å². The quantitative estimate of drug-likeness (QED) is 0.920. The Kier molecular flexibility index (Phi) is 3.82. The Hall–Kier alpha value is -1.29. The number of thiazole rings is 1. The van der Waals surface area contributed by atoms with Gasteiger partial charge in [-0.15, -0.1) is 11.3 Å². The molecule has 3 rings (SSSR count). The second-order valence-corrected chi connectivity index (χ2v) is 8.34. The molecule has 6 nitrogen and oxygen atoms in total. The Balaban J connectivity index is 2.01. The van der Waals surface area contributed by atoms with Crippen molar-refractivity contribution in [3.05, 3.63) is 33.6 Å². The Morgan fingerprint density at radius 2 is 2.29 bits per heavy atom. The lowest BCUT2D eigenvalue weighted by Gasteiger charge is -2.22. The van der Waals surface area contributed by atoms with E-state index in [4.69, 9.17) is 5.11 Å². The van der Waals surface area contributed by atoms with E-state index in [-0.39, 0.29) is 10.3 Å². The summed E-state index contributed by atoms with van der Waals surface area (Å²) >= 11 is 2.37. The third-order valence-corrected chi connectivity index (χ3v) is 7.37. The molecule has 1 saturated heterocycles. The zero-order chi connectivity index (χ0) is 15.0. The molecule has 21 heavy (non-hydrogen) atoms. The number of rotatable bonds is 4. The van der Waals surface area contributed by atoms with Crippen molar-refractivity contribution in [1.29, 1.82) is 0 Å². The van der Waals surface area contributed by atoms with E-state index in [0.29, 0.717) is 6.54 Å². The summed E-state index contributed by atoms with van der Waals surface area (Å²) in [4.78, 5) is 14.8. The predicted octanol–water partition coefficient (Wildman–Crippen LogP) is 2.43. The molecule has 0 amide bonds. The van der Waals surface area contributed by atoms with Crippen LogP contribution in [0.1, 0.15) is 34.9 Å². The largest absolute Gasteiger partial charge is 0.476 e. The van der Waals surface area contributed by atoms with Crippen molar-refractivity contribution in [3.8, 4) is 0 Å². The zero-order valence-electron chi connectivity index (χ0n) is 10.8. The van der Waals surface area contributed by atoms with Gasteiger partial charge in [0.05, 0.1) is 11.6 Å². The number of carboxylic acid groups (broad SMARTS) is 1. The molecular weight excluding hydrogens is 332 g/mol. The highest BCUT2D eigenvalue weighted by atomic mass is 32.2. The minimum Gasteiger partial charge on any atom is -0.476 e. The third kappa shape index (κ3) is 2.50. The molecule has 1 fully saturated rings. The lowest BCUT2D eigenvalue weighted by molar-refractivity contribution is 0.0687. The van der Waals surface area contributed by atoms with Gasteiger partial charge in [0.15, 0.2) is 9.90 Å². The highest BCUT2D eigenvalue weighted by molar-refractivity contribution is 7.91. The fraction of sp³-hybridized carbons (Fsp3) is 0.333. The second-order valence-electron chi connectivity index (χ2n) is 4.62. The number of hydrogen-bond acceptors (Lipinski definition) is 6. The average molecular weight is 344 g/mol. The topological polar surface area (TPSA) is 87.6 Å². The van der Waals surface area contributed by atoms with E-state index >= 15 is 0 Å². The van der Waals surface area contributed by atoms with Crippen LogP contribution >= 0.6 is 22.7 Å². The van der Waals surface area contributed by atoms with E-state index in [1.165, 1.54) is 21.2 Å². The van der Waals surface area contributed by atoms with Crippen LogP contribution in [0, 0.1) is 0 Å². The Morgan fingerprint density at radius 1 is 1.48 bits per heavy atom. The molecule has 1 unspecified atom stereocenters. The van der Waals surface area contributed by atoms with Crippen molar-refractivity contribution in [1.82, 2.24) is 9.29 Å². The molecule has 0 bridgehead atoms. The molecule has 2 aromatic rings. The molecule has 3 heterocycles. The van der Waals surface area contributed by atoms with Gasteiger partial charge in [-0.1, -0.05) is 0 Å². The zero-order valence-corrected chi connectivity index (χ0v) is 13.2. The van der Waals surface area contributed by atoms with Gasteiger partial charge in [0.2, 0.25) is 0 Å². The number of hydrogen-bond donors (Lipinski definition) is 1. The second kappa shape index (κ2) is 5.48. The summed E-state index contributed by atoms with van der Waals surface area (Å²) in [7, 11) is -3.83. The fourth-order valence-electron chi connectivity index (χ4n) is 2.49. The minimum absolute atomic E-state index is 0.183. The molecule has 0 spiro atoms. The van der Waals surface area contributed by atoms with Crippen LogP contribution in [0.3, 0.4) is 0 Å². The molecule has 1 aliphatic rings. The SMILES string of the molecule is O=C(O)c1ncsc1S(=O)(=O)N1CCCC1c1ccsc1. The first-order valence-corrected chi connectivity index (χ1v) is 9.49. The lowest BCUT2D eigenvalue weighted by atomic mass is 10.1. The first-order chi connectivity index (χ1) is 10.0. The van der Waals surface area contributed by atoms with E-state index in [9.17, 15) is 13.2 Å². The van der Waals surface area contributed by atoms with E-state index in [0.717, 1.165) is 29.7 Å². The van der Waals surface area contributed by atoms with Crippen LogP contribution in [0.2, 0.25) is 0 Å². The summed E-state index contributed by atoms with van der Waals surface area (Å²) in [5, 5.41) is 12.9. The van der Waals surface area contributed by atoms with Crippen LogP contribution < -0.4 is 0 Å². The van der Waals surface area contributed by atoms with Gasteiger partial charge in [-0.3, -0.25) is 0 Å². The van der Waals surface area contributed by atoms with E-state index in [2.05, 4.69) is 4.98 Å².